The first-order valence-electron chi connectivity index (χ1n) is 4.85. The molecule has 2 rings (SSSR count). The van der Waals surface area contributed by atoms with Crippen LogP contribution in [0.1, 0.15) is 12.3 Å². The second-order valence-corrected chi connectivity index (χ2v) is 3.29. The van der Waals surface area contributed by atoms with Gasteiger partial charge in [0.05, 0.1) is 12.5 Å². The maximum atomic E-state index is 10.4. The van der Waals surface area contributed by atoms with Crippen molar-refractivity contribution in [1.82, 2.24) is 10.2 Å². The molecule has 0 aliphatic rings. The smallest absolute Gasteiger partial charge is 0.433 e. The number of aliphatic carboxylic acids is 1. The molecule has 0 atom stereocenters. The van der Waals surface area contributed by atoms with Gasteiger partial charge >= 0.3 is 11.9 Å². The Morgan fingerprint density at radius 1 is 1.39 bits per heavy atom. The van der Waals surface area contributed by atoms with Crippen molar-refractivity contribution in [1.29, 1.82) is 0 Å². The Labute approximate surface area is 99.2 Å². The van der Waals surface area contributed by atoms with Crippen molar-refractivity contribution in [2.45, 2.75) is 12.8 Å². The Balaban J connectivity index is 2.13. The molecule has 2 heterocycles. The SMILES string of the molecule is O=C(O)CCc1nnc(-c2ccc([N+](=O)[O-])o2)o1. The first-order valence-corrected chi connectivity index (χ1v) is 4.85. The van der Waals surface area contributed by atoms with Crippen LogP contribution in [0.2, 0.25) is 0 Å². The first-order chi connectivity index (χ1) is 8.56. The Morgan fingerprint density at radius 3 is 2.78 bits per heavy atom. The second kappa shape index (κ2) is 4.65. The molecule has 2 aromatic heterocycles. The van der Waals surface area contributed by atoms with Crippen molar-refractivity contribution in [3.8, 4) is 11.7 Å². The van der Waals surface area contributed by atoms with E-state index >= 15 is 0 Å². The zero-order valence-corrected chi connectivity index (χ0v) is 8.90. The van der Waals surface area contributed by atoms with Gasteiger partial charge in [-0.2, -0.15) is 0 Å². The number of hydrogen-bond donors (Lipinski definition) is 1. The molecule has 0 amide bonds. The second-order valence-electron chi connectivity index (χ2n) is 3.29. The highest BCUT2D eigenvalue weighted by molar-refractivity contribution is 5.66. The number of carboxylic acids is 1. The van der Waals surface area contributed by atoms with Gasteiger partial charge in [0.15, 0.2) is 5.76 Å². The summed E-state index contributed by atoms with van der Waals surface area (Å²) in [4.78, 5) is 20.1. The molecule has 0 aliphatic carbocycles. The van der Waals surface area contributed by atoms with Crippen LogP contribution in [0.4, 0.5) is 5.88 Å². The fourth-order valence-electron chi connectivity index (χ4n) is 1.21. The highest BCUT2D eigenvalue weighted by Crippen LogP contribution is 2.24. The number of carbonyl (C=O) groups is 1. The van der Waals surface area contributed by atoms with E-state index in [1.165, 1.54) is 6.07 Å². The van der Waals surface area contributed by atoms with E-state index in [4.69, 9.17) is 13.9 Å². The van der Waals surface area contributed by atoms with Crippen LogP contribution >= 0.6 is 0 Å². The average molecular weight is 253 g/mol. The first kappa shape index (κ1) is 11.8. The Kier molecular flexibility index (Phi) is 3.04. The quantitative estimate of drug-likeness (QED) is 0.621. The van der Waals surface area contributed by atoms with Crippen molar-refractivity contribution in [2.24, 2.45) is 0 Å². The summed E-state index contributed by atoms with van der Waals surface area (Å²) in [6.07, 6.45) is -0.0505. The van der Waals surface area contributed by atoms with Crippen LogP contribution in [0.3, 0.4) is 0 Å². The average Bonchev–Trinajstić information content (AvgIpc) is 2.95. The van der Waals surface area contributed by atoms with Crippen molar-refractivity contribution >= 4 is 11.9 Å². The van der Waals surface area contributed by atoms with Gasteiger partial charge in [-0.25, -0.2) is 0 Å². The third kappa shape index (κ3) is 2.51. The number of hydrogen-bond acceptors (Lipinski definition) is 7. The molecule has 0 fully saturated rings. The molecule has 0 unspecified atom stereocenters. The summed E-state index contributed by atoms with van der Waals surface area (Å²) >= 11 is 0. The van der Waals surface area contributed by atoms with E-state index in [2.05, 4.69) is 10.2 Å². The molecule has 9 nitrogen and oxygen atoms in total. The van der Waals surface area contributed by atoms with Gasteiger partial charge in [0.1, 0.15) is 4.92 Å². The van der Waals surface area contributed by atoms with Crippen LogP contribution in [0.15, 0.2) is 21.0 Å². The molecule has 0 spiro atoms. The lowest BCUT2D eigenvalue weighted by Crippen LogP contribution is -1.97. The monoisotopic (exact) mass is 253 g/mol. The lowest BCUT2D eigenvalue weighted by atomic mass is 10.3. The third-order valence-electron chi connectivity index (χ3n) is 2.00. The molecule has 2 aromatic rings. The van der Waals surface area contributed by atoms with Crippen LogP contribution in [-0.2, 0) is 11.2 Å². The van der Waals surface area contributed by atoms with Gasteiger partial charge in [0, 0.05) is 6.42 Å². The van der Waals surface area contributed by atoms with Crippen LogP contribution in [0.5, 0.6) is 0 Å². The molecule has 1 N–H and O–H groups in total. The van der Waals surface area contributed by atoms with Gasteiger partial charge in [-0.1, -0.05) is 0 Å². The minimum Gasteiger partial charge on any atom is -0.481 e. The van der Waals surface area contributed by atoms with Crippen LogP contribution < -0.4 is 0 Å². The van der Waals surface area contributed by atoms with E-state index in [1.807, 2.05) is 0 Å². The summed E-state index contributed by atoms with van der Waals surface area (Å²) in [5.41, 5.74) is 0. The molecule has 9 heteroatoms. The normalized spacial score (nSPS) is 10.4. The fraction of sp³-hybridized carbons (Fsp3) is 0.222. The van der Waals surface area contributed by atoms with Gasteiger partial charge < -0.3 is 13.9 Å². The fourth-order valence-corrected chi connectivity index (χ4v) is 1.21. The Bertz CT molecular complexity index is 587. The van der Waals surface area contributed by atoms with Crippen molar-refractivity contribution < 1.29 is 23.7 Å². The van der Waals surface area contributed by atoms with E-state index < -0.39 is 16.8 Å². The number of furan rings is 1. The van der Waals surface area contributed by atoms with Crippen molar-refractivity contribution in [3.63, 3.8) is 0 Å². The Hall–Kier alpha value is -2.71. The summed E-state index contributed by atoms with van der Waals surface area (Å²) in [5, 5.41) is 26.1. The number of nitrogens with zero attached hydrogens (tertiary/aromatic N) is 3. The number of nitro groups is 1. The van der Waals surface area contributed by atoms with E-state index in [1.54, 1.807) is 0 Å². The molecule has 0 radical (unpaired) electrons. The lowest BCUT2D eigenvalue weighted by Gasteiger charge is -1.89. The van der Waals surface area contributed by atoms with Crippen LogP contribution in [0.25, 0.3) is 11.7 Å². The molecule has 0 bridgehead atoms. The summed E-state index contributed by atoms with van der Waals surface area (Å²) < 4.78 is 9.97. The van der Waals surface area contributed by atoms with Crippen molar-refractivity contribution in [3.05, 3.63) is 28.1 Å². The third-order valence-corrected chi connectivity index (χ3v) is 2.00. The zero-order chi connectivity index (χ0) is 13.1. The number of carboxylic acid groups (broad SMARTS) is 1. The highest BCUT2D eigenvalue weighted by atomic mass is 16.6. The largest absolute Gasteiger partial charge is 0.481 e. The van der Waals surface area contributed by atoms with Gasteiger partial charge in [-0.15, -0.1) is 10.2 Å². The summed E-state index contributed by atoms with van der Waals surface area (Å²) in [6, 6.07) is 2.49. The summed E-state index contributed by atoms with van der Waals surface area (Å²) in [6.45, 7) is 0. The zero-order valence-electron chi connectivity index (χ0n) is 8.90. The maximum absolute atomic E-state index is 10.4. The van der Waals surface area contributed by atoms with E-state index in [-0.39, 0.29) is 30.4 Å². The lowest BCUT2D eigenvalue weighted by molar-refractivity contribution is -0.401. The van der Waals surface area contributed by atoms with Gasteiger partial charge in [0.2, 0.25) is 5.89 Å². The Morgan fingerprint density at radius 2 is 2.17 bits per heavy atom. The topological polar surface area (TPSA) is 132 Å². The number of aryl methyl sites for hydroxylation is 1. The molecule has 0 saturated heterocycles. The molecular formula is C9H7N3O6. The molecule has 94 valence electrons. The van der Waals surface area contributed by atoms with Gasteiger partial charge in [0.25, 0.3) is 5.89 Å². The molecule has 18 heavy (non-hydrogen) atoms. The van der Waals surface area contributed by atoms with Gasteiger partial charge in [-0.05, 0) is 6.07 Å². The maximum Gasteiger partial charge on any atom is 0.433 e. The van der Waals surface area contributed by atoms with Gasteiger partial charge in [-0.3, -0.25) is 14.9 Å². The van der Waals surface area contributed by atoms with Crippen LogP contribution in [0, 0.1) is 10.1 Å². The predicted molar refractivity (Wildman–Crippen MR) is 54.6 cm³/mol. The van der Waals surface area contributed by atoms with E-state index in [0.717, 1.165) is 6.07 Å². The van der Waals surface area contributed by atoms with E-state index in [0.29, 0.717) is 0 Å². The molecule has 0 saturated carbocycles. The predicted octanol–water partition coefficient (Wildman–Crippen LogP) is 1.25. The number of rotatable bonds is 5. The minimum absolute atomic E-state index is 0.0245. The molecule has 0 aromatic carbocycles. The van der Waals surface area contributed by atoms with Crippen molar-refractivity contribution in [2.75, 3.05) is 0 Å². The highest BCUT2D eigenvalue weighted by Gasteiger charge is 2.17. The number of aromatic nitrogens is 2. The minimum atomic E-state index is -0.983. The van der Waals surface area contributed by atoms with E-state index in [9.17, 15) is 14.9 Å². The summed E-state index contributed by atoms with van der Waals surface area (Å²) in [7, 11) is 0. The standard InChI is InChI=1S/C9H7N3O6/c13-8(14)4-2-6-10-11-9(18-6)5-1-3-7(17-5)12(15)16/h1,3H,2,4H2,(H,13,14). The van der Waals surface area contributed by atoms with Crippen LogP contribution in [-0.4, -0.2) is 26.2 Å². The molecule has 0 aliphatic heterocycles. The summed E-state index contributed by atoms with van der Waals surface area (Å²) in [5.74, 6) is -1.25. The molecular weight excluding hydrogens is 246 g/mol.